The SMILES string of the molecule is CC1OCCO[C@@]12CC=C1[C@@H]3CC=C4CCCC[C@]4(C)[C@H]3CC(CC(=O)O)[C@@]12C. The second-order valence-corrected chi connectivity index (χ2v) is 10.7. The smallest absolute Gasteiger partial charge is 0.303 e. The van der Waals surface area contributed by atoms with Gasteiger partial charge in [-0.1, -0.05) is 43.6 Å². The standard InChI is InChI=1S/C25H36O4/c1-16-25(29-13-12-28-16)11-9-20-19-8-7-17-6-4-5-10-23(17,2)21(19)14-18(15-22(26)27)24(20,25)3/h7,9,16,18-19,21H,4-6,8,10-15H2,1-3H3,(H,26,27)/t16?,18?,19-,21-,23-,24-,25-/m0/s1. The van der Waals surface area contributed by atoms with Crippen LogP contribution in [-0.4, -0.2) is 36.0 Å². The molecule has 1 aliphatic heterocycles. The molecule has 0 amide bonds. The summed E-state index contributed by atoms with van der Waals surface area (Å²) in [5.74, 6) is 0.494. The van der Waals surface area contributed by atoms with Gasteiger partial charge in [-0.2, -0.15) is 0 Å². The van der Waals surface area contributed by atoms with Crippen LogP contribution in [0.1, 0.15) is 72.1 Å². The van der Waals surface area contributed by atoms with Crippen molar-refractivity contribution in [2.24, 2.45) is 28.6 Å². The summed E-state index contributed by atoms with van der Waals surface area (Å²) < 4.78 is 12.7. The van der Waals surface area contributed by atoms with Gasteiger partial charge < -0.3 is 14.6 Å². The highest BCUT2D eigenvalue weighted by Gasteiger charge is 2.67. The van der Waals surface area contributed by atoms with Crippen LogP contribution < -0.4 is 0 Å². The number of allylic oxidation sites excluding steroid dienone is 2. The van der Waals surface area contributed by atoms with Crippen molar-refractivity contribution in [2.45, 2.75) is 83.8 Å². The van der Waals surface area contributed by atoms with Crippen molar-refractivity contribution < 1.29 is 19.4 Å². The van der Waals surface area contributed by atoms with Crippen LogP contribution in [0.5, 0.6) is 0 Å². The lowest BCUT2D eigenvalue weighted by molar-refractivity contribution is -0.249. The second-order valence-electron chi connectivity index (χ2n) is 10.7. The Morgan fingerprint density at radius 3 is 2.83 bits per heavy atom. The molecule has 0 aromatic heterocycles. The Hall–Kier alpha value is -1.13. The van der Waals surface area contributed by atoms with Crippen LogP contribution in [0.3, 0.4) is 0 Å². The summed E-state index contributed by atoms with van der Waals surface area (Å²) in [5.41, 5.74) is 2.71. The van der Waals surface area contributed by atoms with Crippen LogP contribution in [0.25, 0.3) is 0 Å². The molecule has 160 valence electrons. The predicted octanol–water partition coefficient (Wildman–Crippen LogP) is 5.13. The molecule has 1 spiro atoms. The van der Waals surface area contributed by atoms with Crippen molar-refractivity contribution in [1.82, 2.24) is 0 Å². The summed E-state index contributed by atoms with van der Waals surface area (Å²) in [6, 6.07) is 0. The van der Waals surface area contributed by atoms with Gasteiger partial charge >= 0.3 is 5.97 Å². The van der Waals surface area contributed by atoms with Crippen molar-refractivity contribution in [3.8, 4) is 0 Å². The molecule has 0 bridgehead atoms. The fourth-order valence-electron chi connectivity index (χ4n) is 8.24. The Labute approximate surface area is 174 Å². The normalized spacial score (nSPS) is 48.9. The van der Waals surface area contributed by atoms with E-state index in [0.29, 0.717) is 25.0 Å². The van der Waals surface area contributed by atoms with Gasteiger partial charge in [0.25, 0.3) is 0 Å². The fraction of sp³-hybridized carbons (Fsp3) is 0.800. The van der Waals surface area contributed by atoms with E-state index in [1.807, 2.05) is 0 Å². The number of carbonyl (C=O) groups is 1. The number of aliphatic carboxylic acids is 1. The van der Waals surface area contributed by atoms with Crippen LogP contribution in [-0.2, 0) is 14.3 Å². The van der Waals surface area contributed by atoms with Gasteiger partial charge in [0.1, 0.15) is 5.60 Å². The number of fused-ring (bicyclic) bond motifs is 6. The molecule has 5 aliphatic rings. The molecule has 3 fully saturated rings. The zero-order chi connectivity index (χ0) is 20.4. The van der Waals surface area contributed by atoms with E-state index in [2.05, 4.69) is 32.9 Å². The molecule has 1 N–H and O–H groups in total. The van der Waals surface area contributed by atoms with Crippen LogP contribution in [0, 0.1) is 28.6 Å². The van der Waals surface area contributed by atoms with Gasteiger partial charge in [-0.15, -0.1) is 0 Å². The quantitative estimate of drug-likeness (QED) is 0.653. The average molecular weight is 401 g/mol. The topological polar surface area (TPSA) is 55.8 Å². The molecule has 5 rings (SSSR count). The third-order valence-electron chi connectivity index (χ3n) is 9.79. The van der Waals surface area contributed by atoms with Crippen LogP contribution in [0.15, 0.2) is 23.3 Å². The fourth-order valence-corrected chi connectivity index (χ4v) is 8.24. The first-order valence-corrected chi connectivity index (χ1v) is 11.7. The molecule has 2 saturated carbocycles. The van der Waals surface area contributed by atoms with E-state index in [4.69, 9.17) is 9.47 Å². The van der Waals surface area contributed by atoms with E-state index in [1.165, 1.54) is 31.3 Å². The maximum Gasteiger partial charge on any atom is 0.303 e. The number of carboxylic acid groups (broad SMARTS) is 1. The van der Waals surface area contributed by atoms with E-state index in [0.717, 1.165) is 19.3 Å². The summed E-state index contributed by atoms with van der Waals surface area (Å²) in [6.07, 6.45) is 13.3. The van der Waals surface area contributed by atoms with Gasteiger partial charge in [-0.25, -0.2) is 0 Å². The molecule has 7 atom stereocenters. The van der Waals surface area contributed by atoms with Gasteiger partial charge in [-0.05, 0) is 68.6 Å². The first kappa shape index (κ1) is 19.8. The first-order valence-electron chi connectivity index (χ1n) is 11.7. The Morgan fingerprint density at radius 1 is 1.24 bits per heavy atom. The highest BCUT2D eigenvalue weighted by atomic mass is 16.6. The molecule has 0 aromatic carbocycles. The maximum absolute atomic E-state index is 12.0. The minimum Gasteiger partial charge on any atom is -0.481 e. The maximum atomic E-state index is 12.0. The van der Waals surface area contributed by atoms with E-state index in [9.17, 15) is 9.90 Å². The molecule has 0 aromatic rings. The monoisotopic (exact) mass is 400 g/mol. The van der Waals surface area contributed by atoms with Crippen LogP contribution >= 0.6 is 0 Å². The number of carboxylic acids is 1. The summed E-state index contributed by atoms with van der Waals surface area (Å²) in [4.78, 5) is 12.0. The van der Waals surface area contributed by atoms with E-state index in [-0.39, 0.29) is 29.3 Å². The molecular formula is C25H36O4. The highest BCUT2D eigenvalue weighted by Crippen LogP contribution is 2.69. The van der Waals surface area contributed by atoms with Crippen molar-refractivity contribution in [2.75, 3.05) is 13.2 Å². The second kappa shape index (κ2) is 6.68. The van der Waals surface area contributed by atoms with E-state index >= 15 is 0 Å². The van der Waals surface area contributed by atoms with Crippen LogP contribution in [0.4, 0.5) is 0 Å². The molecule has 29 heavy (non-hydrogen) atoms. The van der Waals surface area contributed by atoms with Crippen molar-refractivity contribution in [1.29, 1.82) is 0 Å². The lowest BCUT2D eigenvalue weighted by Gasteiger charge is -2.62. The molecule has 4 aliphatic carbocycles. The minimum atomic E-state index is -0.680. The lowest BCUT2D eigenvalue weighted by atomic mass is 9.45. The van der Waals surface area contributed by atoms with Gasteiger partial charge in [-0.3, -0.25) is 4.79 Å². The van der Waals surface area contributed by atoms with Gasteiger partial charge in [0.15, 0.2) is 0 Å². The van der Waals surface area contributed by atoms with Crippen molar-refractivity contribution >= 4 is 5.97 Å². The summed E-state index contributed by atoms with van der Waals surface area (Å²) in [5, 5.41) is 9.84. The largest absolute Gasteiger partial charge is 0.481 e. The van der Waals surface area contributed by atoms with Crippen molar-refractivity contribution in [3.63, 3.8) is 0 Å². The predicted molar refractivity (Wildman–Crippen MR) is 112 cm³/mol. The van der Waals surface area contributed by atoms with Gasteiger partial charge in [0.2, 0.25) is 0 Å². The molecule has 0 radical (unpaired) electrons. The number of ether oxygens (including phenoxy) is 2. The summed E-state index contributed by atoms with van der Waals surface area (Å²) >= 11 is 0. The van der Waals surface area contributed by atoms with Gasteiger partial charge in [0.05, 0.1) is 19.3 Å². The van der Waals surface area contributed by atoms with Crippen molar-refractivity contribution in [3.05, 3.63) is 23.3 Å². The number of hydrogen-bond donors (Lipinski definition) is 1. The van der Waals surface area contributed by atoms with Crippen LogP contribution in [0.2, 0.25) is 0 Å². The summed E-state index contributed by atoms with van der Waals surface area (Å²) in [6.45, 7) is 8.16. The number of hydrogen-bond acceptors (Lipinski definition) is 3. The Kier molecular flexibility index (Phi) is 4.57. The third-order valence-corrected chi connectivity index (χ3v) is 9.79. The molecule has 4 heteroatoms. The molecule has 1 heterocycles. The van der Waals surface area contributed by atoms with E-state index in [1.54, 1.807) is 5.57 Å². The molecule has 4 nitrogen and oxygen atoms in total. The molecular weight excluding hydrogens is 364 g/mol. The van der Waals surface area contributed by atoms with E-state index < -0.39 is 11.6 Å². The summed E-state index contributed by atoms with van der Waals surface area (Å²) in [7, 11) is 0. The number of rotatable bonds is 2. The lowest BCUT2D eigenvalue weighted by Crippen LogP contribution is -2.63. The first-order chi connectivity index (χ1) is 13.8. The van der Waals surface area contributed by atoms with Gasteiger partial charge in [0, 0.05) is 11.8 Å². The minimum absolute atomic E-state index is 0.0113. The Morgan fingerprint density at radius 2 is 2.07 bits per heavy atom. The molecule has 1 saturated heterocycles. The highest BCUT2D eigenvalue weighted by molar-refractivity contribution is 5.67. The Bertz CT molecular complexity index is 769. The Balaban J connectivity index is 1.60. The molecule has 2 unspecified atom stereocenters. The third kappa shape index (κ3) is 2.54. The zero-order valence-corrected chi connectivity index (χ0v) is 18.2. The zero-order valence-electron chi connectivity index (χ0n) is 18.2. The average Bonchev–Trinajstić information content (AvgIpc) is 2.98.